The predicted octanol–water partition coefficient (Wildman–Crippen LogP) is 12.8. The van der Waals surface area contributed by atoms with Crippen molar-refractivity contribution in [3.05, 3.63) is 84.0 Å². The summed E-state index contributed by atoms with van der Waals surface area (Å²) in [7, 11) is -4.06. The van der Waals surface area contributed by atoms with Crippen LogP contribution >= 0.6 is 0 Å². The summed E-state index contributed by atoms with van der Waals surface area (Å²) in [5, 5.41) is 10.7. The average molecular weight is 1010 g/mol. The lowest BCUT2D eigenvalue weighted by Crippen LogP contribution is -2.74. The fourth-order valence-corrected chi connectivity index (χ4v) is 10.6. The number of rotatable bonds is 23. The van der Waals surface area contributed by atoms with Gasteiger partial charge in [-0.3, -0.25) is 15.3 Å². The van der Waals surface area contributed by atoms with Crippen LogP contribution in [0.2, 0.25) is 17.1 Å². The zero-order valence-corrected chi connectivity index (χ0v) is 35.3. The molecule has 0 spiro atoms. The van der Waals surface area contributed by atoms with Gasteiger partial charge in [-0.1, -0.05) is 58.1 Å². The molecule has 0 bridgehead atoms. The zero-order valence-electron chi connectivity index (χ0n) is 34.3. The molecule has 66 heavy (non-hydrogen) atoms. The zero-order chi connectivity index (χ0) is 51.1. The van der Waals surface area contributed by atoms with E-state index in [9.17, 15) is 93.0 Å². The van der Waals surface area contributed by atoms with Crippen molar-refractivity contribution in [3.63, 3.8) is 0 Å². The van der Waals surface area contributed by atoms with E-state index in [4.69, 9.17) is 19.1 Å². The normalized spacial score (nSPS) is 14.6. The molecule has 0 aliphatic rings. The maximum absolute atomic E-state index is 15.0. The Labute approximate surface area is 363 Å². The minimum absolute atomic E-state index is 0.0264. The molecule has 0 aliphatic heterocycles. The van der Waals surface area contributed by atoms with Crippen molar-refractivity contribution in [1.29, 1.82) is 0 Å². The Morgan fingerprint density at radius 1 is 0.697 bits per heavy atom. The van der Waals surface area contributed by atoms with Crippen LogP contribution in [0.3, 0.4) is 0 Å². The van der Waals surface area contributed by atoms with E-state index in [2.05, 4.69) is 5.32 Å². The number of carbonyl (C=O) groups excluding carboxylic acids is 2. The molecular weight excluding hydrogens is 969 g/mol. The van der Waals surface area contributed by atoms with E-state index >= 15 is 0 Å². The average Bonchev–Trinajstić information content (AvgIpc) is 3.20. The third-order valence-electron chi connectivity index (χ3n) is 9.92. The Kier molecular flexibility index (Phi) is 18.3. The molecule has 2 rings (SSSR count). The molecule has 0 heterocycles. The number of nitrogens with one attached hydrogen (secondary N) is 2. The van der Waals surface area contributed by atoms with Crippen LogP contribution in [0, 0.1) is 11.6 Å². The molecule has 28 heteroatoms. The van der Waals surface area contributed by atoms with Crippen LogP contribution in [0.25, 0.3) is 0 Å². The number of hydrogen-bond acceptors (Lipinski definition) is 6. The van der Waals surface area contributed by atoms with Crippen molar-refractivity contribution in [2.75, 3.05) is 18.5 Å². The molecule has 2 amide bonds. The second kappa shape index (κ2) is 21.1. The quantitative estimate of drug-likeness (QED) is 0.0195. The van der Waals surface area contributed by atoms with Gasteiger partial charge in [-0.05, 0) is 47.0 Å². The fraction of sp³-hybridized carbons (Fsp3) is 0.526. The fourth-order valence-electron chi connectivity index (χ4n) is 6.10. The first-order valence-electron chi connectivity index (χ1n) is 18.7. The second-order valence-corrected chi connectivity index (χ2v) is 19.8. The van der Waals surface area contributed by atoms with Crippen LogP contribution < -0.4 is 15.5 Å². The molecule has 0 saturated heterocycles. The highest BCUT2D eigenvalue weighted by Gasteiger charge is 2.95. The number of carbonyl (C=O) groups is 2. The molecule has 374 valence electrons. The van der Waals surface area contributed by atoms with E-state index in [0.29, 0.717) is 6.07 Å². The SMILES string of the molecule is CC(C)[Si](CCC(F)(F)C(F)(F)C(F)(F)C(F)(F)C(F)(F)C(F)(F)C(F)(F)C(F)(F)F)(OCCOc1ccc([C@@H](C/C=C/C=C/C(=O)NO)OC(=O)Nc2ccc(F)cc2F)cc1)C(C)C. The molecule has 0 aromatic heterocycles. The number of alkyl halides is 17. The maximum atomic E-state index is 15.0. The molecule has 0 unspecified atom stereocenters. The van der Waals surface area contributed by atoms with Crippen LogP contribution in [0.15, 0.2) is 66.8 Å². The predicted molar refractivity (Wildman–Crippen MR) is 196 cm³/mol. The molecule has 0 saturated carbocycles. The Balaban J connectivity index is 2.28. The summed E-state index contributed by atoms with van der Waals surface area (Å²) >= 11 is 0. The highest BCUT2D eigenvalue weighted by molar-refractivity contribution is 6.76. The second-order valence-electron chi connectivity index (χ2n) is 14.8. The smallest absolute Gasteiger partial charge is 0.460 e. The van der Waals surface area contributed by atoms with Crippen molar-refractivity contribution in [2.45, 2.75) is 111 Å². The Hall–Kier alpha value is -4.73. The first kappa shape index (κ1) is 57.4. The van der Waals surface area contributed by atoms with Gasteiger partial charge in [0.05, 0.1) is 12.3 Å². The molecule has 0 radical (unpaired) electrons. The summed E-state index contributed by atoms with van der Waals surface area (Å²) in [5.41, 5.74) is -0.716. The monoisotopic (exact) mass is 1010 g/mol. The van der Waals surface area contributed by atoms with E-state index in [1.54, 1.807) is 0 Å². The number of allylic oxidation sites excluding steroid dienone is 2. The number of anilines is 1. The third kappa shape index (κ3) is 11.9. The van der Waals surface area contributed by atoms with Gasteiger partial charge in [0.25, 0.3) is 5.91 Å². The van der Waals surface area contributed by atoms with Crippen LogP contribution in [0.5, 0.6) is 5.75 Å². The lowest BCUT2D eigenvalue weighted by atomic mass is 9.88. The maximum Gasteiger partial charge on any atom is 0.460 e. The van der Waals surface area contributed by atoms with Gasteiger partial charge in [0.1, 0.15) is 30.1 Å². The summed E-state index contributed by atoms with van der Waals surface area (Å²) in [5.74, 6) is -60.0. The van der Waals surface area contributed by atoms with Gasteiger partial charge in [-0.2, -0.15) is 74.6 Å². The summed E-state index contributed by atoms with van der Waals surface area (Å²) in [6, 6.07) is 6.13. The molecule has 0 fully saturated rings. The van der Waals surface area contributed by atoms with E-state index < -0.39 is 128 Å². The summed E-state index contributed by atoms with van der Waals surface area (Å²) in [4.78, 5) is 23.8. The Morgan fingerprint density at radius 2 is 1.21 bits per heavy atom. The van der Waals surface area contributed by atoms with Crippen molar-refractivity contribution < 1.29 is 112 Å². The minimum atomic E-state index is -8.72. The third-order valence-corrected chi connectivity index (χ3v) is 15.6. The van der Waals surface area contributed by atoms with E-state index in [-0.39, 0.29) is 17.7 Å². The molecule has 8 nitrogen and oxygen atoms in total. The van der Waals surface area contributed by atoms with E-state index in [0.717, 1.165) is 18.2 Å². The number of benzene rings is 2. The molecular formula is C38H39F19N2O6Si. The summed E-state index contributed by atoms with van der Waals surface area (Å²) < 4.78 is 280. The van der Waals surface area contributed by atoms with Crippen molar-refractivity contribution >= 4 is 26.0 Å². The molecule has 3 N–H and O–H groups in total. The topological polar surface area (TPSA) is 106 Å². The Morgan fingerprint density at radius 3 is 1.70 bits per heavy atom. The van der Waals surface area contributed by atoms with Gasteiger partial charge >= 0.3 is 53.7 Å². The van der Waals surface area contributed by atoms with Crippen LogP contribution in [-0.4, -0.2) is 86.4 Å². The van der Waals surface area contributed by atoms with Gasteiger partial charge in [0.2, 0.25) is 0 Å². The van der Waals surface area contributed by atoms with Gasteiger partial charge in [-0.25, -0.2) is 19.1 Å². The Bertz CT molecular complexity index is 2000. The van der Waals surface area contributed by atoms with Gasteiger partial charge in [-0.15, -0.1) is 0 Å². The molecule has 1 atom stereocenters. The number of ether oxygens (including phenoxy) is 2. The van der Waals surface area contributed by atoms with Gasteiger partial charge < -0.3 is 13.9 Å². The number of amides is 2. The first-order valence-corrected chi connectivity index (χ1v) is 21.0. The van der Waals surface area contributed by atoms with E-state index in [1.165, 1.54) is 75.7 Å². The lowest BCUT2D eigenvalue weighted by Gasteiger charge is -2.44. The van der Waals surface area contributed by atoms with Crippen molar-refractivity contribution in [2.24, 2.45) is 0 Å². The molecule has 0 aliphatic carbocycles. The van der Waals surface area contributed by atoms with E-state index in [1.807, 2.05) is 0 Å². The molecule has 2 aromatic rings. The largest absolute Gasteiger partial charge is 0.491 e. The molecule has 2 aromatic carbocycles. The standard InChI is InChI=1S/C38H39F19N2O6Si/c1-21(2)66(22(3)4,19-16-31(41,42)32(43,44)33(45,46)34(47,48)35(49,50)36(51,52)37(53,54)38(55,56)57)64-18-17-63-25-13-10-23(11-14-25)28(8-6-5-7-9-29(60)59-62)65-30(61)58-27-15-12-24(39)20-26(27)40/h5-7,9-15,20-22,28,62H,8,16-19H2,1-4H3,(H,58,61)(H,59,60)/b6-5+,9-7+/t28-/m1/s1. The number of hydrogen-bond donors (Lipinski definition) is 3. The van der Waals surface area contributed by atoms with Crippen LogP contribution in [-0.2, 0) is 14.0 Å². The highest BCUT2D eigenvalue weighted by Crippen LogP contribution is 2.64. The number of halogens is 19. The van der Waals surface area contributed by atoms with Crippen molar-refractivity contribution in [1.82, 2.24) is 5.48 Å². The van der Waals surface area contributed by atoms with Gasteiger partial charge in [0.15, 0.2) is 8.32 Å². The summed E-state index contributed by atoms with van der Waals surface area (Å²) in [6.07, 6.45) is -8.08. The highest BCUT2D eigenvalue weighted by atomic mass is 28.4. The van der Waals surface area contributed by atoms with Crippen molar-refractivity contribution in [3.8, 4) is 5.75 Å². The minimum Gasteiger partial charge on any atom is -0.491 e. The van der Waals surface area contributed by atoms with Gasteiger partial charge in [0, 0.05) is 25.0 Å². The summed E-state index contributed by atoms with van der Waals surface area (Å²) in [6.45, 7) is 4.04. The lowest BCUT2D eigenvalue weighted by molar-refractivity contribution is -0.461. The number of hydroxylamine groups is 1. The van der Waals surface area contributed by atoms with Crippen LogP contribution in [0.4, 0.5) is 93.9 Å². The van der Waals surface area contributed by atoms with Crippen LogP contribution in [0.1, 0.15) is 52.2 Å². The first-order chi connectivity index (χ1) is 29.9.